The SMILES string of the molecule is CCCCCC(OC(=O)N(CC)CC)C(O)c1ccccc1. The molecule has 1 aromatic carbocycles. The van der Waals surface area contributed by atoms with Crippen molar-refractivity contribution in [1.82, 2.24) is 4.90 Å². The number of benzene rings is 1. The van der Waals surface area contributed by atoms with Crippen LogP contribution in [0.1, 0.15) is 58.1 Å². The fourth-order valence-electron chi connectivity index (χ4n) is 2.43. The number of amides is 1. The van der Waals surface area contributed by atoms with Gasteiger partial charge in [-0.05, 0) is 32.3 Å². The van der Waals surface area contributed by atoms with Gasteiger partial charge in [0.25, 0.3) is 0 Å². The lowest BCUT2D eigenvalue weighted by atomic mass is 9.99. The monoisotopic (exact) mass is 307 g/mol. The summed E-state index contributed by atoms with van der Waals surface area (Å²) in [4.78, 5) is 13.8. The lowest BCUT2D eigenvalue weighted by Crippen LogP contribution is -2.36. The van der Waals surface area contributed by atoms with Crippen LogP contribution in [0.15, 0.2) is 30.3 Å². The third-order valence-electron chi connectivity index (χ3n) is 3.86. The first-order valence-corrected chi connectivity index (χ1v) is 8.32. The zero-order chi connectivity index (χ0) is 16.4. The molecule has 124 valence electrons. The van der Waals surface area contributed by atoms with Crippen LogP contribution in [0, 0.1) is 0 Å². The largest absolute Gasteiger partial charge is 0.443 e. The van der Waals surface area contributed by atoms with Crippen LogP contribution in [-0.2, 0) is 4.74 Å². The van der Waals surface area contributed by atoms with Crippen LogP contribution >= 0.6 is 0 Å². The molecule has 1 rings (SSSR count). The van der Waals surface area contributed by atoms with Crippen molar-refractivity contribution in [2.75, 3.05) is 13.1 Å². The number of aliphatic hydroxyl groups excluding tert-OH is 1. The van der Waals surface area contributed by atoms with Crippen molar-refractivity contribution in [2.24, 2.45) is 0 Å². The predicted molar refractivity (Wildman–Crippen MR) is 88.7 cm³/mol. The van der Waals surface area contributed by atoms with E-state index in [9.17, 15) is 9.90 Å². The maximum atomic E-state index is 12.2. The average molecular weight is 307 g/mol. The van der Waals surface area contributed by atoms with Gasteiger partial charge in [0.05, 0.1) is 0 Å². The highest BCUT2D eigenvalue weighted by atomic mass is 16.6. The Kier molecular flexibility index (Phi) is 8.60. The number of hydrogen-bond donors (Lipinski definition) is 1. The highest BCUT2D eigenvalue weighted by Crippen LogP contribution is 2.24. The quantitative estimate of drug-likeness (QED) is 0.697. The number of aliphatic hydroxyl groups is 1. The van der Waals surface area contributed by atoms with E-state index in [1.165, 1.54) is 0 Å². The van der Waals surface area contributed by atoms with Gasteiger partial charge in [0.15, 0.2) is 0 Å². The van der Waals surface area contributed by atoms with Crippen molar-refractivity contribution in [3.8, 4) is 0 Å². The summed E-state index contributed by atoms with van der Waals surface area (Å²) in [6, 6.07) is 9.40. The third-order valence-corrected chi connectivity index (χ3v) is 3.86. The van der Waals surface area contributed by atoms with E-state index < -0.39 is 12.2 Å². The Bertz CT molecular complexity index is 418. The second-order valence-electron chi connectivity index (χ2n) is 5.45. The maximum absolute atomic E-state index is 12.2. The lowest BCUT2D eigenvalue weighted by molar-refractivity contribution is -0.0171. The molecule has 0 aliphatic carbocycles. The number of unbranched alkanes of at least 4 members (excludes halogenated alkanes) is 2. The Morgan fingerprint density at radius 2 is 1.77 bits per heavy atom. The average Bonchev–Trinajstić information content (AvgIpc) is 2.55. The molecule has 1 aromatic rings. The van der Waals surface area contributed by atoms with Crippen LogP contribution < -0.4 is 0 Å². The van der Waals surface area contributed by atoms with Crippen LogP contribution in [0.4, 0.5) is 4.79 Å². The highest BCUT2D eigenvalue weighted by molar-refractivity contribution is 5.67. The molecule has 0 saturated carbocycles. The molecule has 0 aliphatic heterocycles. The fraction of sp³-hybridized carbons (Fsp3) is 0.611. The molecule has 0 radical (unpaired) electrons. The second kappa shape index (κ2) is 10.2. The molecule has 1 N–H and O–H groups in total. The normalized spacial score (nSPS) is 13.5. The van der Waals surface area contributed by atoms with Gasteiger partial charge in [0.1, 0.15) is 12.2 Å². The van der Waals surface area contributed by atoms with Crippen molar-refractivity contribution in [2.45, 2.75) is 58.7 Å². The van der Waals surface area contributed by atoms with E-state index in [-0.39, 0.29) is 6.09 Å². The molecule has 0 aliphatic rings. The number of carbonyl (C=O) groups is 1. The fourth-order valence-corrected chi connectivity index (χ4v) is 2.43. The van der Waals surface area contributed by atoms with Gasteiger partial charge in [0.2, 0.25) is 0 Å². The molecule has 0 spiro atoms. The second-order valence-corrected chi connectivity index (χ2v) is 5.45. The number of ether oxygens (including phenoxy) is 1. The Hall–Kier alpha value is -1.55. The van der Waals surface area contributed by atoms with Crippen LogP contribution in [0.3, 0.4) is 0 Å². The standard InChI is InChI=1S/C18H29NO3/c1-4-7-9-14-16(22-18(21)19(5-2)6-3)17(20)15-12-10-8-11-13-15/h8,10-13,16-17,20H,4-7,9,14H2,1-3H3. The van der Waals surface area contributed by atoms with Gasteiger partial charge in [-0.2, -0.15) is 0 Å². The van der Waals surface area contributed by atoms with E-state index in [0.717, 1.165) is 24.8 Å². The number of rotatable bonds is 9. The van der Waals surface area contributed by atoms with E-state index in [1.807, 2.05) is 44.2 Å². The van der Waals surface area contributed by atoms with E-state index in [1.54, 1.807) is 4.90 Å². The van der Waals surface area contributed by atoms with Crippen LogP contribution in [0.25, 0.3) is 0 Å². The summed E-state index contributed by atoms with van der Waals surface area (Å²) in [7, 11) is 0. The summed E-state index contributed by atoms with van der Waals surface area (Å²) in [6.45, 7) is 7.19. The molecule has 2 unspecified atom stereocenters. The summed E-state index contributed by atoms with van der Waals surface area (Å²) >= 11 is 0. The van der Waals surface area contributed by atoms with Gasteiger partial charge in [0, 0.05) is 13.1 Å². The van der Waals surface area contributed by atoms with E-state index in [0.29, 0.717) is 19.5 Å². The number of hydrogen-bond acceptors (Lipinski definition) is 3. The van der Waals surface area contributed by atoms with Crippen LogP contribution in [0.2, 0.25) is 0 Å². The van der Waals surface area contributed by atoms with Gasteiger partial charge >= 0.3 is 6.09 Å². The number of nitrogens with zero attached hydrogens (tertiary/aromatic N) is 1. The summed E-state index contributed by atoms with van der Waals surface area (Å²) in [5.74, 6) is 0. The molecule has 0 saturated heterocycles. The molecule has 22 heavy (non-hydrogen) atoms. The summed E-state index contributed by atoms with van der Waals surface area (Å²) in [5.41, 5.74) is 0.788. The third kappa shape index (κ3) is 5.68. The first-order valence-electron chi connectivity index (χ1n) is 8.32. The zero-order valence-electron chi connectivity index (χ0n) is 14.0. The van der Waals surface area contributed by atoms with Crippen molar-refractivity contribution in [3.05, 3.63) is 35.9 Å². The predicted octanol–water partition coefficient (Wildman–Crippen LogP) is 4.15. The first-order chi connectivity index (χ1) is 10.6. The van der Waals surface area contributed by atoms with E-state index >= 15 is 0 Å². The lowest BCUT2D eigenvalue weighted by Gasteiger charge is -2.27. The van der Waals surface area contributed by atoms with Gasteiger partial charge in [-0.1, -0.05) is 50.1 Å². The Labute approximate surface area is 134 Å². The molecule has 4 heteroatoms. The van der Waals surface area contributed by atoms with Crippen LogP contribution in [0.5, 0.6) is 0 Å². The van der Waals surface area contributed by atoms with Crippen molar-refractivity contribution in [1.29, 1.82) is 0 Å². The number of carbonyl (C=O) groups excluding carboxylic acids is 1. The molecule has 0 bridgehead atoms. The Morgan fingerprint density at radius 1 is 1.14 bits per heavy atom. The molecular weight excluding hydrogens is 278 g/mol. The Balaban J connectivity index is 2.76. The van der Waals surface area contributed by atoms with E-state index in [4.69, 9.17) is 4.74 Å². The van der Waals surface area contributed by atoms with Crippen molar-refractivity contribution < 1.29 is 14.6 Å². The maximum Gasteiger partial charge on any atom is 0.410 e. The first kappa shape index (κ1) is 18.5. The molecular formula is C18H29NO3. The van der Waals surface area contributed by atoms with Crippen molar-refractivity contribution in [3.63, 3.8) is 0 Å². The smallest absolute Gasteiger partial charge is 0.410 e. The molecule has 0 heterocycles. The molecule has 0 aromatic heterocycles. The van der Waals surface area contributed by atoms with Gasteiger partial charge < -0.3 is 14.7 Å². The molecule has 2 atom stereocenters. The molecule has 1 amide bonds. The summed E-state index contributed by atoms with van der Waals surface area (Å²) < 4.78 is 5.59. The summed E-state index contributed by atoms with van der Waals surface area (Å²) in [6.07, 6.45) is 2.16. The van der Waals surface area contributed by atoms with E-state index in [2.05, 4.69) is 6.92 Å². The topological polar surface area (TPSA) is 49.8 Å². The molecule has 4 nitrogen and oxygen atoms in total. The summed E-state index contributed by atoms with van der Waals surface area (Å²) in [5, 5.41) is 10.6. The van der Waals surface area contributed by atoms with Crippen LogP contribution in [-0.4, -0.2) is 35.3 Å². The van der Waals surface area contributed by atoms with Crippen molar-refractivity contribution >= 4 is 6.09 Å². The highest BCUT2D eigenvalue weighted by Gasteiger charge is 2.26. The minimum atomic E-state index is -0.780. The van der Waals surface area contributed by atoms with Gasteiger partial charge in [-0.15, -0.1) is 0 Å². The minimum Gasteiger partial charge on any atom is -0.443 e. The van der Waals surface area contributed by atoms with Gasteiger partial charge in [-0.25, -0.2) is 4.79 Å². The zero-order valence-corrected chi connectivity index (χ0v) is 14.0. The molecule has 0 fully saturated rings. The Morgan fingerprint density at radius 3 is 2.32 bits per heavy atom. The van der Waals surface area contributed by atoms with Gasteiger partial charge in [-0.3, -0.25) is 0 Å². The minimum absolute atomic E-state index is 0.346.